The number of aliphatic imine (C=N–C) groups is 1. The first-order chi connectivity index (χ1) is 10.5. The molecule has 0 unspecified atom stereocenters. The van der Waals surface area contributed by atoms with Gasteiger partial charge in [0.15, 0.2) is 0 Å². The van der Waals surface area contributed by atoms with Crippen molar-refractivity contribution in [1.82, 2.24) is 0 Å². The van der Waals surface area contributed by atoms with Crippen LogP contribution >= 0.6 is 0 Å². The maximum atomic E-state index is 11.2. The fourth-order valence-corrected chi connectivity index (χ4v) is 2.12. The summed E-state index contributed by atoms with van der Waals surface area (Å²) in [6, 6.07) is 15.6. The van der Waals surface area contributed by atoms with Gasteiger partial charge in [-0.3, -0.25) is 4.79 Å². The van der Waals surface area contributed by atoms with Gasteiger partial charge in [0.1, 0.15) is 12.4 Å². The molecular weight excluding hydrogens is 276 g/mol. The van der Waals surface area contributed by atoms with Crippen molar-refractivity contribution in [3.05, 3.63) is 59.7 Å². The van der Waals surface area contributed by atoms with Crippen LogP contribution in [0.4, 0.5) is 11.4 Å². The number of carbonyl (C=O) groups is 1. The zero-order valence-corrected chi connectivity index (χ0v) is 13.1. The summed E-state index contributed by atoms with van der Waals surface area (Å²) in [5, 5.41) is 9.15. The molecule has 114 valence electrons. The molecule has 0 amide bonds. The highest BCUT2D eigenvalue weighted by Crippen LogP contribution is 2.19. The zero-order chi connectivity index (χ0) is 16.1. The highest BCUT2D eigenvalue weighted by atomic mass is 16.4. The average molecular weight is 296 g/mol. The maximum absolute atomic E-state index is 11.2. The summed E-state index contributed by atoms with van der Waals surface area (Å²) in [5.41, 5.74) is 3.93. The number of hydrogen-bond acceptors (Lipinski definition) is 2. The van der Waals surface area contributed by atoms with Crippen molar-refractivity contribution in [1.29, 1.82) is 0 Å². The number of carboxylic acids is 1. The summed E-state index contributed by atoms with van der Waals surface area (Å²) >= 11 is 0. The molecule has 0 aliphatic carbocycles. The number of aryl methyl sites for hydroxylation is 2. The number of aliphatic carboxylic acids is 1. The number of amidine groups is 1. The third-order valence-corrected chi connectivity index (χ3v) is 3.35. The smallest absolute Gasteiger partial charge is 0.323 e. The van der Waals surface area contributed by atoms with Gasteiger partial charge in [-0.15, -0.1) is 0 Å². The highest BCUT2D eigenvalue weighted by Gasteiger charge is 2.13. The van der Waals surface area contributed by atoms with Crippen molar-refractivity contribution in [3.8, 4) is 0 Å². The Bertz CT molecular complexity index is 673. The summed E-state index contributed by atoms with van der Waals surface area (Å²) < 4.78 is 0. The third-order valence-electron chi connectivity index (χ3n) is 3.35. The SMILES string of the molecule is CC(=Nc1ccc(C)cc1)N(CC(=O)O)c1ccc(C)cc1. The molecule has 0 heterocycles. The van der Waals surface area contributed by atoms with Gasteiger partial charge in [-0.25, -0.2) is 4.99 Å². The lowest BCUT2D eigenvalue weighted by atomic mass is 10.2. The van der Waals surface area contributed by atoms with Crippen LogP contribution in [0.1, 0.15) is 18.1 Å². The summed E-state index contributed by atoms with van der Waals surface area (Å²) in [5.74, 6) is -0.242. The molecule has 2 rings (SSSR count). The minimum Gasteiger partial charge on any atom is -0.480 e. The summed E-state index contributed by atoms with van der Waals surface area (Å²) in [4.78, 5) is 17.4. The lowest BCUT2D eigenvalue weighted by molar-refractivity contribution is -0.135. The van der Waals surface area contributed by atoms with Gasteiger partial charge in [-0.2, -0.15) is 0 Å². The number of anilines is 1. The normalized spacial score (nSPS) is 11.3. The second kappa shape index (κ2) is 6.89. The van der Waals surface area contributed by atoms with Crippen LogP contribution in [-0.4, -0.2) is 23.5 Å². The Balaban J connectivity index is 2.33. The molecule has 4 heteroatoms. The number of hydrogen-bond donors (Lipinski definition) is 1. The van der Waals surface area contributed by atoms with E-state index < -0.39 is 5.97 Å². The Hall–Kier alpha value is -2.62. The van der Waals surface area contributed by atoms with Crippen LogP contribution in [0.2, 0.25) is 0 Å². The van der Waals surface area contributed by atoms with Crippen LogP contribution in [0.3, 0.4) is 0 Å². The molecule has 0 aliphatic rings. The zero-order valence-electron chi connectivity index (χ0n) is 13.1. The van der Waals surface area contributed by atoms with Gasteiger partial charge in [0.05, 0.1) is 5.69 Å². The van der Waals surface area contributed by atoms with Gasteiger partial charge in [0, 0.05) is 5.69 Å². The molecule has 0 bridgehead atoms. The van der Waals surface area contributed by atoms with Crippen molar-refractivity contribution >= 4 is 23.2 Å². The average Bonchev–Trinajstić information content (AvgIpc) is 2.48. The number of carboxylic acid groups (broad SMARTS) is 1. The molecule has 4 nitrogen and oxygen atoms in total. The second-order valence-corrected chi connectivity index (χ2v) is 5.31. The van der Waals surface area contributed by atoms with Crippen LogP contribution in [0, 0.1) is 13.8 Å². The standard InChI is InChI=1S/C18H20N2O2/c1-13-4-8-16(9-5-13)19-15(3)20(12-18(21)22)17-10-6-14(2)7-11-17/h4-11H,12H2,1-3H3,(H,21,22). The topological polar surface area (TPSA) is 52.9 Å². The molecule has 0 aliphatic heterocycles. The van der Waals surface area contributed by atoms with E-state index in [-0.39, 0.29) is 6.54 Å². The van der Waals surface area contributed by atoms with E-state index in [4.69, 9.17) is 5.11 Å². The minimum absolute atomic E-state index is 0.121. The van der Waals surface area contributed by atoms with E-state index in [1.165, 1.54) is 0 Å². The Morgan fingerprint density at radius 3 is 2.00 bits per heavy atom. The molecule has 22 heavy (non-hydrogen) atoms. The Kier molecular flexibility index (Phi) is 4.94. The van der Waals surface area contributed by atoms with Gasteiger partial charge in [0.25, 0.3) is 0 Å². The molecule has 2 aromatic rings. The molecule has 0 saturated carbocycles. The second-order valence-electron chi connectivity index (χ2n) is 5.31. The lowest BCUT2D eigenvalue weighted by Gasteiger charge is -2.22. The molecule has 0 spiro atoms. The van der Waals surface area contributed by atoms with E-state index >= 15 is 0 Å². The predicted molar refractivity (Wildman–Crippen MR) is 90.1 cm³/mol. The molecule has 0 radical (unpaired) electrons. The molecule has 0 fully saturated rings. The fourth-order valence-electron chi connectivity index (χ4n) is 2.12. The molecule has 2 aromatic carbocycles. The summed E-state index contributed by atoms with van der Waals surface area (Å²) in [7, 11) is 0. The Labute approximate surface area is 130 Å². The van der Waals surface area contributed by atoms with Crippen molar-refractivity contribution in [2.24, 2.45) is 4.99 Å². The largest absolute Gasteiger partial charge is 0.480 e. The van der Waals surface area contributed by atoms with Crippen LogP contribution in [0.15, 0.2) is 53.5 Å². The first-order valence-corrected chi connectivity index (χ1v) is 7.13. The van der Waals surface area contributed by atoms with Crippen molar-refractivity contribution in [2.45, 2.75) is 20.8 Å². The number of benzene rings is 2. The van der Waals surface area contributed by atoms with Crippen molar-refractivity contribution in [2.75, 3.05) is 11.4 Å². The van der Waals surface area contributed by atoms with Gasteiger partial charge < -0.3 is 10.0 Å². The maximum Gasteiger partial charge on any atom is 0.323 e. The van der Waals surface area contributed by atoms with E-state index in [1.54, 1.807) is 4.90 Å². The van der Waals surface area contributed by atoms with E-state index in [0.717, 1.165) is 22.5 Å². The van der Waals surface area contributed by atoms with E-state index in [9.17, 15) is 4.79 Å². The fraction of sp³-hybridized carbons (Fsp3) is 0.222. The third kappa shape index (κ3) is 4.19. The van der Waals surface area contributed by atoms with Crippen LogP contribution < -0.4 is 4.90 Å². The predicted octanol–water partition coefficient (Wildman–Crippen LogP) is 3.94. The van der Waals surface area contributed by atoms with Gasteiger partial charge >= 0.3 is 5.97 Å². The van der Waals surface area contributed by atoms with Crippen molar-refractivity contribution < 1.29 is 9.90 Å². The lowest BCUT2D eigenvalue weighted by Crippen LogP contribution is -2.33. The van der Waals surface area contributed by atoms with E-state index in [1.807, 2.05) is 69.3 Å². The quantitative estimate of drug-likeness (QED) is 0.686. The highest BCUT2D eigenvalue weighted by molar-refractivity contribution is 6.00. The number of nitrogens with zero attached hydrogens (tertiary/aromatic N) is 2. The number of rotatable bonds is 4. The van der Waals surface area contributed by atoms with E-state index in [0.29, 0.717) is 5.84 Å². The van der Waals surface area contributed by atoms with E-state index in [2.05, 4.69) is 4.99 Å². The Morgan fingerprint density at radius 2 is 1.50 bits per heavy atom. The summed E-state index contributed by atoms with van der Waals surface area (Å²) in [6.07, 6.45) is 0. The molecule has 0 saturated heterocycles. The molecule has 1 N–H and O–H groups in total. The van der Waals surface area contributed by atoms with Crippen molar-refractivity contribution in [3.63, 3.8) is 0 Å². The molecule has 0 aromatic heterocycles. The van der Waals surface area contributed by atoms with Gasteiger partial charge in [-0.05, 0) is 45.0 Å². The molecular formula is C18H20N2O2. The van der Waals surface area contributed by atoms with Crippen LogP contribution in [-0.2, 0) is 4.79 Å². The first kappa shape index (κ1) is 15.8. The Morgan fingerprint density at radius 1 is 1.00 bits per heavy atom. The van der Waals surface area contributed by atoms with Gasteiger partial charge in [-0.1, -0.05) is 35.4 Å². The minimum atomic E-state index is -0.890. The van der Waals surface area contributed by atoms with Crippen LogP contribution in [0.25, 0.3) is 0 Å². The summed E-state index contributed by atoms with van der Waals surface area (Å²) in [6.45, 7) is 5.72. The monoisotopic (exact) mass is 296 g/mol. The van der Waals surface area contributed by atoms with Crippen LogP contribution in [0.5, 0.6) is 0 Å². The first-order valence-electron chi connectivity index (χ1n) is 7.13. The molecule has 0 atom stereocenters. The van der Waals surface area contributed by atoms with Gasteiger partial charge in [0.2, 0.25) is 0 Å².